The smallest absolute Gasteiger partial charge is 0.310 e. The first kappa shape index (κ1) is 28.4. The number of ether oxygens (including phenoxy) is 1. The molecule has 2 N–H and O–H groups in total. The lowest BCUT2D eigenvalue weighted by Crippen LogP contribution is -2.10. The van der Waals surface area contributed by atoms with Crippen LogP contribution < -0.4 is 10.1 Å². The molecule has 210 valence electrons. The van der Waals surface area contributed by atoms with Crippen molar-refractivity contribution in [2.75, 3.05) is 5.32 Å². The number of nitrogens with zero attached hydrogens (tertiary/aromatic N) is 3. The van der Waals surface area contributed by atoms with Crippen molar-refractivity contribution in [3.63, 3.8) is 0 Å². The number of carbonyl (C=O) groups is 1. The zero-order valence-corrected chi connectivity index (χ0v) is 24.6. The average Bonchev–Trinajstić information content (AvgIpc) is 3.63. The third kappa shape index (κ3) is 7.36. The van der Waals surface area contributed by atoms with Gasteiger partial charge in [0.15, 0.2) is 5.16 Å². The Balaban J connectivity index is 1.32. The van der Waals surface area contributed by atoms with Gasteiger partial charge in [-0.15, -0.1) is 10.2 Å². The molecule has 2 heterocycles. The summed E-state index contributed by atoms with van der Waals surface area (Å²) in [6, 6.07) is 26.0. The first-order valence-corrected chi connectivity index (χ1v) is 15.2. The van der Waals surface area contributed by atoms with E-state index in [0.717, 1.165) is 50.4 Å². The Labute approximate surface area is 248 Å². The predicted octanol–water partition coefficient (Wildman–Crippen LogP) is 7.39. The van der Waals surface area contributed by atoms with Crippen molar-refractivity contribution in [3.05, 3.63) is 118 Å². The molecule has 0 saturated carbocycles. The van der Waals surface area contributed by atoms with E-state index in [-0.39, 0.29) is 0 Å². The molecular formula is C32H32N4O3S2. The number of rotatable bonds is 13. The minimum absolute atomic E-state index is 0.457. The summed E-state index contributed by atoms with van der Waals surface area (Å²) in [5.41, 5.74) is 5.06. The van der Waals surface area contributed by atoms with Crippen LogP contribution in [0, 0.1) is 0 Å². The summed E-state index contributed by atoms with van der Waals surface area (Å²) in [7, 11) is 2.00. The number of anilines is 1. The Morgan fingerprint density at radius 2 is 1.85 bits per heavy atom. The quantitative estimate of drug-likeness (QED) is 0.149. The van der Waals surface area contributed by atoms with Crippen LogP contribution in [0.15, 0.2) is 99.7 Å². The van der Waals surface area contributed by atoms with Crippen LogP contribution in [0.25, 0.3) is 0 Å². The van der Waals surface area contributed by atoms with Gasteiger partial charge in [0.05, 0.1) is 5.92 Å². The van der Waals surface area contributed by atoms with E-state index >= 15 is 0 Å². The molecule has 41 heavy (non-hydrogen) atoms. The van der Waals surface area contributed by atoms with E-state index in [9.17, 15) is 9.90 Å². The van der Waals surface area contributed by atoms with Gasteiger partial charge < -0.3 is 19.7 Å². The van der Waals surface area contributed by atoms with Gasteiger partial charge in [-0.25, -0.2) is 0 Å². The summed E-state index contributed by atoms with van der Waals surface area (Å²) >= 11 is 3.24. The zero-order chi connectivity index (χ0) is 28.6. The molecule has 9 heteroatoms. The van der Waals surface area contributed by atoms with E-state index in [0.29, 0.717) is 19.6 Å². The van der Waals surface area contributed by atoms with Gasteiger partial charge in [-0.1, -0.05) is 55.5 Å². The van der Waals surface area contributed by atoms with Gasteiger partial charge in [-0.3, -0.25) is 4.79 Å². The summed E-state index contributed by atoms with van der Waals surface area (Å²) < 4.78 is 8.37. The van der Waals surface area contributed by atoms with Crippen LogP contribution in [0.3, 0.4) is 0 Å². The van der Waals surface area contributed by atoms with Crippen LogP contribution in [0.4, 0.5) is 5.69 Å². The van der Waals surface area contributed by atoms with Gasteiger partial charge in [0.25, 0.3) is 0 Å². The zero-order valence-electron chi connectivity index (χ0n) is 23.0. The molecule has 0 radical (unpaired) electrons. The predicted molar refractivity (Wildman–Crippen MR) is 164 cm³/mol. The first-order chi connectivity index (χ1) is 20.0. The Bertz CT molecular complexity index is 1570. The van der Waals surface area contributed by atoms with Crippen molar-refractivity contribution >= 4 is 34.8 Å². The van der Waals surface area contributed by atoms with Gasteiger partial charge in [0, 0.05) is 36.2 Å². The van der Waals surface area contributed by atoms with Crippen LogP contribution in [-0.4, -0.2) is 25.8 Å². The standard InChI is InChI=1S/C32H32N4O3S2/c1-3-28(31(37)38)24-9-12-26(13-10-24)33-19-25-11-14-27(18-29(25)39-20-22-7-5-4-6-8-22)41-32-35-34-30(36(32)2)17-23-15-16-40-21-23/h4-16,18,21,28,33H,3,17,19-20H2,1-2H3,(H,37,38). The van der Waals surface area contributed by atoms with E-state index < -0.39 is 11.9 Å². The molecule has 5 rings (SSSR count). The van der Waals surface area contributed by atoms with E-state index in [1.165, 1.54) is 5.56 Å². The van der Waals surface area contributed by atoms with E-state index in [1.807, 2.05) is 73.1 Å². The maximum Gasteiger partial charge on any atom is 0.310 e. The first-order valence-electron chi connectivity index (χ1n) is 13.4. The number of aliphatic carboxylic acids is 1. The molecule has 2 aromatic heterocycles. The summed E-state index contributed by atoms with van der Waals surface area (Å²) in [6.45, 7) is 2.90. The molecular weight excluding hydrogens is 553 g/mol. The minimum atomic E-state index is -0.800. The average molecular weight is 585 g/mol. The molecule has 0 aliphatic carbocycles. The van der Waals surface area contributed by atoms with Crippen LogP contribution in [0.5, 0.6) is 5.75 Å². The number of carboxylic acid groups (broad SMARTS) is 1. The summed E-state index contributed by atoms with van der Waals surface area (Å²) in [4.78, 5) is 12.5. The minimum Gasteiger partial charge on any atom is -0.489 e. The molecule has 1 atom stereocenters. The van der Waals surface area contributed by atoms with Crippen molar-refractivity contribution in [2.45, 2.75) is 48.9 Å². The number of hydrogen-bond acceptors (Lipinski definition) is 7. The molecule has 0 fully saturated rings. The van der Waals surface area contributed by atoms with Gasteiger partial charge >= 0.3 is 5.97 Å². The van der Waals surface area contributed by atoms with Crippen LogP contribution in [0.1, 0.15) is 47.3 Å². The van der Waals surface area contributed by atoms with E-state index in [2.05, 4.69) is 50.5 Å². The molecule has 0 aliphatic rings. The van der Waals surface area contributed by atoms with E-state index in [4.69, 9.17) is 4.74 Å². The molecule has 0 bridgehead atoms. The Hall–Kier alpha value is -4.08. The fraction of sp³-hybridized carbons (Fsp3) is 0.219. The van der Waals surface area contributed by atoms with E-state index in [1.54, 1.807) is 23.1 Å². The largest absolute Gasteiger partial charge is 0.489 e. The number of hydrogen-bond donors (Lipinski definition) is 2. The number of nitrogens with one attached hydrogen (secondary N) is 1. The van der Waals surface area contributed by atoms with Crippen molar-refractivity contribution < 1.29 is 14.6 Å². The molecule has 5 aromatic rings. The summed E-state index contributed by atoms with van der Waals surface area (Å²) in [5.74, 6) is 0.423. The number of aromatic nitrogens is 3. The van der Waals surface area contributed by atoms with Crippen LogP contribution >= 0.6 is 23.1 Å². The second kappa shape index (κ2) is 13.5. The van der Waals surface area contributed by atoms with Crippen molar-refractivity contribution in [3.8, 4) is 5.75 Å². The van der Waals surface area contributed by atoms with Crippen molar-refractivity contribution in [1.29, 1.82) is 0 Å². The highest BCUT2D eigenvalue weighted by molar-refractivity contribution is 7.99. The molecule has 3 aromatic carbocycles. The van der Waals surface area contributed by atoms with Gasteiger partial charge in [-0.2, -0.15) is 11.3 Å². The van der Waals surface area contributed by atoms with Crippen molar-refractivity contribution in [1.82, 2.24) is 14.8 Å². The fourth-order valence-corrected chi connectivity index (χ4v) is 5.97. The maximum absolute atomic E-state index is 11.5. The highest BCUT2D eigenvalue weighted by Gasteiger charge is 2.17. The number of thiophene rings is 1. The molecule has 7 nitrogen and oxygen atoms in total. The van der Waals surface area contributed by atoms with Crippen LogP contribution in [-0.2, 0) is 31.4 Å². The highest BCUT2D eigenvalue weighted by Crippen LogP contribution is 2.32. The maximum atomic E-state index is 11.5. The normalized spacial score (nSPS) is 11.8. The van der Waals surface area contributed by atoms with Gasteiger partial charge in [-0.05, 0) is 76.0 Å². The molecule has 0 spiro atoms. The Morgan fingerprint density at radius 3 is 2.56 bits per heavy atom. The third-order valence-electron chi connectivity index (χ3n) is 6.85. The second-order valence-electron chi connectivity index (χ2n) is 9.69. The lowest BCUT2D eigenvalue weighted by atomic mass is 9.96. The van der Waals surface area contributed by atoms with Gasteiger partial charge in [0.2, 0.25) is 0 Å². The third-order valence-corrected chi connectivity index (χ3v) is 8.61. The Morgan fingerprint density at radius 1 is 1.05 bits per heavy atom. The Kier molecular flexibility index (Phi) is 9.38. The molecule has 0 saturated heterocycles. The highest BCUT2D eigenvalue weighted by atomic mass is 32.2. The topological polar surface area (TPSA) is 89.3 Å². The molecule has 1 unspecified atom stereocenters. The summed E-state index contributed by atoms with van der Waals surface area (Å²) in [5, 5.41) is 26.8. The van der Waals surface area contributed by atoms with Crippen molar-refractivity contribution in [2.24, 2.45) is 7.05 Å². The van der Waals surface area contributed by atoms with Gasteiger partial charge in [0.1, 0.15) is 18.2 Å². The van der Waals surface area contributed by atoms with Crippen LogP contribution in [0.2, 0.25) is 0 Å². The lowest BCUT2D eigenvalue weighted by molar-refractivity contribution is -0.138. The molecule has 0 aliphatic heterocycles. The SMILES string of the molecule is CCC(C(=O)O)c1ccc(NCc2ccc(Sc3nnc(Cc4ccsc4)n3C)cc2OCc2ccccc2)cc1. The number of carboxylic acids is 1. The molecule has 0 amide bonds. The fourth-order valence-electron chi connectivity index (χ4n) is 4.47. The lowest BCUT2D eigenvalue weighted by Gasteiger charge is -2.15. The summed E-state index contributed by atoms with van der Waals surface area (Å²) in [6.07, 6.45) is 1.30. The number of benzene rings is 3. The monoisotopic (exact) mass is 584 g/mol. The second-order valence-corrected chi connectivity index (χ2v) is 11.5.